The van der Waals surface area contributed by atoms with E-state index in [1.165, 1.54) is 7.11 Å². The number of ether oxygens (including phenoxy) is 1. The summed E-state index contributed by atoms with van der Waals surface area (Å²) in [4.78, 5) is 36.1. The number of hydrogen-bond donors (Lipinski definition) is 2. The molecule has 0 saturated carbocycles. The molecule has 1 saturated heterocycles. The van der Waals surface area contributed by atoms with Gasteiger partial charge in [0.1, 0.15) is 5.25 Å². The summed E-state index contributed by atoms with van der Waals surface area (Å²) in [5.74, 6) is -1.23. The second-order valence-corrected chi connectivity index (χ2v) is 7.03. The van der Waals surface area contributed by atoms with Crippen LogP contribution >= 0.6 is 11.8 Å². The van der Waals surface area contributed by atoms with Crippen molar-refractivity contribution in [2.24, 2.45) is 10.2 Å². The predicted octanol–water partition coefficient (Wildman–Crippen LogP) is 2.09. The van der Waals surface area contributed by atoms with Crippen LogP contribution in [-0.4, -0.2) is 41.0 Å². The van der Waals surface area contributed by atoms with Crippen molar-refractivity contribution in [3.8, 4) is 0 Å². The maximum atomic E-state index is 12.3. The zero-order valence-electron chi connectivity index (χ0n) is 15.0. The average molecular weight is 376 g/mol. The number of rotatable bonds is 5. The monoisotopic (exact) mass is 376 g/mol. The normalized spacial score (nSPS) is 17.6. The molecule has 26 heavy (non-hydrogen) atoms. The van der Waals surface area contributed by atoms with E-state index in [9.17, 15) is 14.4 Å². The van der Waals surface area contributed by atoms with Crippen LogP contribution in [0, 0.1) is 6.92 Å². The fraction of sp³-hybridized carbons (Fsp3) is 0.353. The van der Waals surface area contributed by atoms with Crippen LogP contribution in [0.15, 0.2) is 28.4 Å². The summed E-state index contributed by atoms with van der Waals surface area (Å²) >= 11 is 1.15. The lowest BCUT2D eigenvalue weighted by Gasteiger charge is -2.11. The van der Waals surface area contributed by atoms with E-state index in [0.717, 1.165) is 23.0 Å². The van der Waals surface area contributed by atoms with Gasteiger partial charge in [-0.25, -0.2) is 4.79 Å². The van der Waals surface area contributed by atoms with Crippen LogP contribution in [0.5, 0.6) is 0 Å². The minimum atomic E-state index is -0.604. The molecule has 1 unspecified atom stereocenters. The highest BCUT2D eigenvalue weighted by atomic mass is 32.2. The molecule has 8 nitrogen and oxygen atoms in total. The van der Waals surface area contributed by atoms with E-state index < -0.39 is 11.2 Å². The van der Waals surface area contributed by atoms with E-state index in [2.05, 4.69) is 20.8 Å². The number of methoxy groups -OCH3 is 1. The molecule has 1 heterocycles. The highest BCUT2D eigenvalue weighted by Gasteiger charge is 2.32. The van der Waals surface area contributed by atoms with Gasteiger partial charge in [-0.15, -0.1) is 5.10 Å². The lowest BCUT2D eigenvalue weighted by molar-refractivity contribution is -0.122. The zero-order valence-corrected chi connectivity index (χ0v) is 15.8. The smallest absolute Gasteiger partial charge is 0.339 e. The van der Waals surface area contributed by atoms with Gasteiger partial charge in [-0.05, 0) is 32.9 Å². The van der Waals surface area contributed by atoms with Crippen LogP contribution in [0.1, 0.15) is 36.2 Å². The fourth-order valence-electron chi connectivity index (χ4n) is 2.15. The van der Waals surface area contributed by atoms with Gasteiger partial charge in [-0.1, -0.05) is 23.4 Å². The lowest BCUT2D eigenvalue weighted by Crippen LogP contribution is -2.28. The Kier molecular flexibility index (Phi) is 6.51. The van der Waals surface area contributed by atoms with E-state index >= 15 is 0 Å². The Balaban J connectivity index is 2.06. The number of amides is 2. The van der Waals surface area contributed by atoms with Gasteiger partial charge in [0.05, 0.1) is 18.4 Å². The number of nitrogens with one attached hydrogen (secondary N) is 2. The number of esters is 1. The number of benzene rings is 1. The second kappa shape index (κ2) is 8.61. The number of hydrogen-bond acceptors (Lipinski definition) is 7. The Morgan fingerprint density at radius 1 is 1.35 bits per heavy atom. The number of carbonyl (C=O) groups is 3. The molecule has 2 amide bonds. The van der Waals surface area contributed by atoms with Gasteiger partial charge >= 0.3 is 5.97 Å². The summed E-state index contributed by atoms with van der Waals surface area (Å²) in [5, 5.41) is 12.8. The van der Waals surface area contributed by atoms with E-state index in [4.69, 9.17) is 4.74 Å². The number of carbonyl (C=O) groups excluding carboxylic acids is 3. The van der Waals surface area contributed by atoms with Crippen LogP contribution in [0.25, 0.3) is 0 Å². The van der Waals surface area contributed by atoms with Crippen LogP contribution in [0.3, 0.4) is 0 Å². The molecule has 0 aliphatic carbocycles. The van der Waals surface area contributed by atoms with Crippen LogP contribution < -0.4 is 10.6 Å². The molecule has 2 N–H and O–H groups in total. The van der Waals surface area contributed by atoms with Crippen molar-refractivity contribution in [3.63, 3.8) is 0 Å². The quantitative estimate of drug-likeness (QED) is 0.465. The molecule has 0 bridgehead atoms. The van der Waals surface area contributed by atoms with Gasteiger partial charge in [0, 0.05) is 12.1 Å². The Morgan fingerprint density at radius 3 is 2.73 bits per heavy atom. The number of thioether (sulfide) groups is 1. The summed E-state index contributed by atoms with van der Waals surface area (Å²) in [7, 11) is 1.27. The second-order valence-electron chi connectivity index (χ2n) is 5.84. The highest BCUT2D eigenvalue weighted by Crippen LogP contribution is 2.24. The van der Waals surface area contributed by atoms with Gasteiger partial charge in [-0.3, -0.25) is 9.59 Å². The van der Waals surface area contributed by atoms with Gasteiger partial charge < -0.3 is 15.4 Å². The Morgan fingerprint density at radius 2 is 2.08 bits per heavy atom. The minimum Gasteiger partial charge on any atom is -0.465 e. The number of aryl methyl sites for hydroxylation is 1. The molecule has 2 rings (SSSR count). The molecule has 0 spiro atoms. The zero-order chi connectivity index (χ0) is 19.3. The molecule has 1 aromatic carbocycles. The van der Waals surface area contributed by atoms with E-state index in [1.807, 2.05) is 6.92 Å². The molecule has 0 radical (unpaired) electrons. The summed E-state index contributed by atoms with van der Waals surface area (Å²) in [6.45, 7) is 5.41. The first-order valence-electron chi connectivity index (χ1n) is 7.85. The minimum absolute atomic E-state index is 0.0567. The van der Waals surface area contributed by atoms with Crippen LogP contribution in [0.4, 0.5) is 5.69 Å². The molecule has 1 atom stereocenters. The molecule has 1 aliphatic heterocycles. The van der Waals surface area contributed by atoms with Crippen molar-refractivity contribution in [2.45, 2.75) is 32.4 Å². The third-order valence-corrected chi connectivity index (χ3v) is 4.41. The van der Waals surface area contributed by atoms with Gasteiger partial charge in [0.15, 0.2) is 5.17 Å². The van der Waals surface area contributed by atoms with Crippen molar-refractivity contribution in [1.29, 1.82) is 0 Å². The van der Waals surface area contributed by atoms with Crippen LogP contribution in [-0.2, 0) is 14.3 Å². The first-order chi connectivity index (χ1) is 12.3. The van der Waals surface area contributed by atoms with E-state index in [1.54, 1.807) is 32.0 Å². The van der Waals surface area contributed by atoms with Crippen molar-refractivity contribution in [1.82, 2.24) is 5.32 Å². The molecule has 0 aromatic heterocycles. The summed E-state index contributed by atoms with van der Waals surface area (Å²) in [6, 6.07) is 5.04. The lowest BCUT2D eigenvalue weighted by atomic mass is 10.1. The fourth-order valence-corrected chi connectivity index (χ4v) is 3.07. The first kappa shape index (κ1) is 19.6. The van der Waals surface area contributed by atoms with Gasteiger partial charge in [-0.2, -0.15) is 5.10 Å². The van der Waals surface area contributed by atoms with E-state index in [-0.39, 0.29) is 23.8 Å². The summed E-state index contributed by atoms with van der Waals surface area (Å²) in [5.41, 5.74) is 2.22. The van der Waals surface area contributed by atoms with Crippen molar-refractivity contribution in [3.05, 3.63) is 29.3 Å². The molecule has 138 valence electrons. The maximum absolute atomic E-state index is 12.3. The largest absolute Gasteiger partial charge is 0.465 e. The number of amidine groups is 1. The van der Waals surface area contributed by atoms with Crippen molar-refractivity contribution >= 4 is 46.1 Å². The molecule has 9 heteroatoms. The van der Waals surface area contributed by atoms with Crippen molar-refractivity contribution < 1.29 is 19.1 Å². The van der Waals surface area contributed by atoms with Crippen molar-refractivity contribution in [2.75, 3.05) is 12.4 Å². The maximum Gasteiger partial charge on any atom is 0.339 e. The topological polar surface area (TPSA) is 109 Å². The average Bonchev–Trinajstić information content (AvgIpc) is 2.93. The van der Waals surface area contributed by atoms with E-state index in [0.29, 0.717) is 10.9 Å². The molecule has 1 aliphatic rings. The Labute approximate surface area is 155 Å². The first-order valence-corrected chi connectivity index (χ1v) is 8.73. The Hall–Kier alpha value is -2.68. The van der Waals surface area contributed by atoms with Gasteiger partial charge in [0.2, 0.25) is 11.8 Å². The number of nitrogens with zero attached hydrogens (tertiary/aromatic N) is 2. The Bertz CT molecular complexity index is 800. The third kappa shape index (κ3) is 5.16. The molecular formula is C17H20N4O4S. The molecule has 1 fully saturated rings. The van der Waals surface area contributed by atoms with Gasteiger partial charge in [0.25, 0.3) is 0 Å². The highest BCUT2D eigenvalue weighted by molar-refractivity contribution is 8.15. The summed E-state index contributed by atoms with van der Waals surface area (Å²) in [6.07, 6.45) is -0.0567. The molecular weight excluding hydrogens is 356 g/mol. The SMILES string of the molecule is COC(=O)c1cc(C)ccc1NC(=O)CC1S/C(=N/N=C(C)C)NC1=O. The predicted molar refractivity (Wildman–Crippen MR) is 102 cm³/mol. The van der Waals surface area contributed by atoms with Crippen LogP contribution in [0.2, 0.25) is 0 Å². The summed E-state index contributed by atoms with van der Waals surface area (Å²) < 4.78 is 4.74. The number of anilines is 1. The molecule has 1 aromatic rings. The standard InChI is InChI=1S/C17H20N4O4S/c1-9(2)20-21-17-19-15(23)13(26-17)8-14(22)18-12-6-5-10(3)7-11(12)16(24)25-4/h5-7,13H,8H2,1-4H3,(H,18,22)(H,19,21,23). The third-order valence-electron chi connectivity index (χ3n) is 3.34.